The Morgan fingerprint density at radius 2 is 2.05 bits per heavy atom. The number of carbonyl (C=O) groups is 1. The van der Waals surface area contributed by atoms with E-state index >= 15 is 0 Å². The molecule has 1 aromatic rings. The Kier molecular flexibility index (Phi) is 4.25. The summed E-state index contributed by atoms with van der Waals surface area (Å²) in [5, 5.41) is 3.33. The van der Waals surface area contributed by atoms with Gasteiger partial charge >= 0.3 is 0 Å². The van der Waals surface area contributed by atoms with E-state index in [0.29, 0.717) is 0 Å². The number of carbonyl (C=O) groups excluding carboxylic acids is 1. The molecule has 0 bridgehead atoms. The number of nitrogens with zero attached hydrogens (tertiary/aromatic N) is 1. The molecular weight excluding hydrogens is 236 g/mol. The van der Waals surface area contributed by atoms with Crippen LogP contribution in [0.4, 0.5) is 5.69 Å². The van der Waals surface area contributed by atoms with E-state index in [4.69, 9.17) is 0 Å². The van der Waals surface area contributed by atoms with Crippen molar-refractivity contribution >= 4 is 11.6 Å². The minimum Gasteiger partial charge on any atom is -0.317 e. The highest BCUT2D eigenvalue weighted by atomic mass is 16.2. The molecule has 1 saturated heterocycles. The highest BCUT2D eigenvalue weighted by molar-refractivity contribution is 5.97. The normalized spacial score (nSPS) is 18.1. The second-order valence-electron chi connectivity index (χ2n) is 5.70. The Morgan fingerprint density at radius 1 is 1.37 bits per heavy atom. The van der Waals surface area contributed by atoms with Gasteiger partial charge in [-0.15, -0.1) is 0 Å². The number of rotatable bonds is 3. The summed E-state index contributed by atoms with van der Waals surface area (Å²) in [7, 11) is 0. The topological polar surface area (TPSA) is 32.3 Å². The first kappa shape index (κ1) is 14.1. The van der Waals surface area contributed by atoms with Gasteiger partial charge in [-0.1, -0.05) is 19.1 Å². The summed E-state index contributed by atoms with van der Waals surface area (Å²) in [6.07, 6.45) is 1.85. The van der Waals surface area contributed by atoms with Crippen LogP contribution in [-0.2, 0) is 4.79 Å². The van der Waals surface area contributed by atoms with Gasteiger partial charge in [0.05, 0.1) is 0 Å². The fraction of sp³-hybridized carbons (Fsp3) is 0.562. The zero-order valence-corrected chi connectivity index (χ0v) is 12.2. The SMILES string of the molecule is CCN(C(=O)C1(C)CCNCC1)c1cccc(C)c1. The quantitative estimate of drug-likeness (QED) is 0.906. The molecule has 2 rings (SSSR count). The summed E-state index contributed by atoms with van der Waals surface area (Å²) in [5.74, 6) is 0.266. The van der Waals surface area contributed by atoms with E-state index in [0.717, 1.165) is 38.2 Å². The van der Waals surface area contributed by atoms with Crippen LogP contribution in [0.2, 0.25) is 0 Å². The average molecular weight is 260 g/mol. The average Bonchev–Trinajstić information content (AvgIpc) is 2.40. The van der Waals surface area contributed by atoms with Gasteiger partial charge in [-0.05, 0) is 57.5 Å². The summed E-state index contributed by atoms with van der Waals surface area (Å²) in [6, 6.07) is 8.20. The maximum absolute atomic E-state index is 12.9. The predicted molar refractivity (Wildman–Crippen MR) is 79.4 cm³/mol. The first-order chi connectivity index (χ1) is 9.07. The lowest BCUT2D eigenvalue weighted by atomic mass is 9.79. The number of aryl methyl sites for hydroxylation is 1. The number of anilines is 1. The molecule has 0 aromatic heterocycles. The van der Waals surface area contributed by atoms with Gasteiger partial charge in [0.15, 0.2) is 0 Å². The van der Waals surface area contributed by atoms with Crippen molar-refractivity contribution in [3.63, 3.8) is 0 Å². The Labute approximate surface area is 116 Å². The highest BCUT2D eigenvalue weighted by Crippen LogP contribution is 2.32. The van der Waals surface area contributed by atoms with Crippen LogP contribution in [0, 0.1) is 12.3 Å². The van der Waals surface area contributed by atoms with E-state index in [2.05, 4.69) is 31.3 Å². The number of benzene rings is 1. The van der Waals surface area contributed by atoms with E-state index in [-0.39, 0.29) is 11.3 Å². The van der Waals surface area contributed by atoms with Crippen LogP contribution in [-0.4, -0.2) is 25.5 Å². The van der Waals surface area contributed by atoms with Crippen molar-refractivity contribution in [1.82, 2.24) is 5.32 Å². The van der Waals surface area contributed by atoms with Gasteiger partial charge in [-0.3, -0.25) is 4.79 Å². The third kappa shape index (κ3) is 2.98. The van der Waals surface area contributed by atoms with Crippen molar-refractivity contribution in [3.8, 4) is 0 Å². The summed E-state index contributed by atoms with van der Waals surface area (Å²) in [5.41, 5.74) is 2.00. The third-order valence-electron chi connectivity index (χ3n) is 4.10. The van der Waals surface area contributed by atoms with E-state index in [9.17, 15) is 4.79 Å². The fourth-order valence-electron chi connectivity index (χ4n) is 2.76. The van der Waals surface area contributed by atoms with Gasteiger partial charge in [-0.25, -0.2) is 0 Å². The van der Waals surface area contributed by atoms with E-state index in [1.807, 2.05) is 24.0 Å². The van der Waals surface area contributed by atoms with Crippen molar-refractivity contribution < 1.29 is 4.79 Å². The Bertz CT molecular complexity index is 450. The maximum atomic E-state index is 12.9. The smallest absolute Gasteiger partial charge is 0.233 e. The number of amides is 1. The molecule has 1 heterocycles. The molecule has 1 fully saturated rings. The van der Waals surface area contributed by atoms with Crippen molar-refractivity contribution in [3.05, 3.63) is 29.8 Å². The molecule has 0 unspecified atom stereocenters. The molecule has 1 N–H and O–H groups in total. The molecule has 3 heteroatoms. The van der Waals surface area contributed by atoms with Crippen LogP contribution in [0.3, 0.4) is 0 Å². The lowest BCUT2D eigenvalue weighted by molar-refractivity contribution is -0.128. The molecule has 0 atom stereocenters. The second kappa shape index (κ2) is 5.74. The van der Waals surface area contributed by atoms with Gasteiger partial charge in [0.2, 0.25) is 5.91 Å². The van der Waals surface area contributed by atoms with Crippen molar-refractivity contribution in [2.45, 2.75) is 33.6 Å². The zero-order chi connectivity index (χ0) is 13.9. The van der Waals surface area contributed by atoms with Crippen molar-refractivity contribution in [2.75, 3.05) is 24.5 Å². The highest BCUT2D eigenvalue weighted by Gasteiger charge is 2.37. The fourth-order valence-corrected chi connectivity index (χ4v) is 2.76. The van der Waals surface area contributed by atoms with Gasteiger partial charge in [0.1, 0.15) is 0 Å². The summed E-state index contributed by atoms with van der Waals surface area (Å²) < 4.78 is 0. The number of hydrogen-bond donors (Lipinski definition) is 1. The van der Waals surface area contributed by atoms with Gasteiger partial charge in [-0.2, -0.15) is 0 Å². The zero-order valence-electron chi connectivity index (χ0n) is 12.2. The van der Waals surface area contributed by atoms with Crippen LogP contribution in [0.15, 0.2) is 24.3 Å². The number of hydrogen-bond acceptors (Lipinski definition) is 2. The minimum absolute atomic E-state index is 0.217. The second-order valence-corrected chi connectivity index (χ2v) is 5.70. The lowest BCUT2D eigenvalue weighted by Gasteiger charge is -2.37. The molecule has 1 aliphatic heterocycles. The summed E-state index contributed by atoms with van der Waals surface area (Å²) >= 11 is 0. The molecule has 0 radical (unpaired) electrons. The van der Waals surface area contributed by atoms with E-state index in [1.54, 1.807) is 0 Å². The summed E-state index contributed by atoms with van der Waals surface area (Å²) in [6.45, 7) is 8.82. The van der Waals surface area contributed by atoms with Crippen LogP contribution in [0.1, 0.15) is 32.3 Å². The number of nitrogens with one attached hydrogen (secondary N) is 1. The Balaban J connectivity index is 2.24. The van der Waals surface area contributed by atoms with Crippen LogP contribution in [0.5, 0.6) is 0 Å². The molecule has 0 aliphatic carbocycles. The van der Waals surface area contributed by atoms with Gasteiger partial charge in [0, 0.05) is 17.6 Å². The minimum atomic E-state index is -0.217. The van der Waals surface area contributed by atoms with Crippen molar-refractivity contribution in [1.29, 1.82) is 0 Å². The standard InChI is InChI=1S/C16H24N2O/c1-4-18(14-7-5-6-13(2)12-14)15(19)16(3)8-10-17-11-9-16/h5-7,12,17H,4,8-11H2,1-3H3. The Hall–Kier alpha value is -1.35. The molecule has 1 aliphatic rings. The third-order valence-corrected chi connectivity index (χ3v) is 4.10. The molecular formula is C16H24N2O. The molecule has 0 saturated carbocycles. The van der Waals surface area contributed by atoms with Crippen LogP contribution >= 0.6 is 0 Å². The molecule has 1 amide bonds. The van der Waals surface area contributed by atoms with E-state index < -0.39 is 0 Å². The molecule has 104 valence electrons. The summed E-state index contributed by atoms with van der Waals surface area (Å²) in [4.78, 5) is 14.8. The molecule has 1 aromatic carbocycles. The van der Waals surface area contributed by atoms with Gasteiger partial charge < -0.3 is 10.2 Å². The first-order valence-corrected chi connectivity index (χ1v) is 7.16. The predicted octanol–water partition coefficient (Wildman–Crippen LogP) is 2.74. The number of piperidine rings is 1. The molecule has 3 nitrogen and oxygen atoms in total. The van der Waals surface area contributed by atoms with Crippen LogP contribution < -0.4 is 10.2 Å². The van der Waals surface area contributed by atoms with Crippen LogP contribution in [0.25, 0.3) is 0 Å². The van der Waals surface area contributed by atoms with Gasteiger partial charge in [0.25, 0.3) is 0 Å². The maximum Gasteiger partial charge on any atom is 0.233 e. The lowest BCUT2D eigenvalue weighted by Crippen LogP contribution is -2.48. The first-order valence-electron chi connectivity index (χ1n) is 7.16. The Morgan fingerprint density at radius 3 is 2.63 bits per heavy atom. The molecule has 19 heavy (non-hydrogen) atoms. The van der Waals surface area contributed by atoms with Crippen molar-refractivity contribution in [2.24, 2.45) is 5.41 Å². The van der Waals surface area contributed by atoms with E-state index in [1.165, 1.54) is 5.56 Å². The largest absolute Gasteiger partial charge is 0.317 e. The monoisotopic (exact) mass is 260 g/mol. The molecule has 0 spiro atoms.